The maximum atomic E-state index is 12.5. The number of halogens is 1. The first-order valence-corrected chi connectivity index (χ1v) is 9.29. The third kappa shape index (κ3) is 4.95. The molecule has 1 aromatic heterocycles. The molecular weight excluding hydrogens is 334 g/mol. The third-order valence-electron chi connectivity index (χ3n) is 4.65. The van der Waals surface area contributed by atoms with Crippen molar-refractivity contribution < 1.29 is 4.79 Å². The van der Waals surface area contributed by atoms with Crippen molar-refractivity contribution in [3.8, 4) is 0 Å². The highest BCUT2D eigenvalue weighted by Crippen LogP contribution is 2.23. The van der Waals surface area contributed by atoms with Gasteiger partial charge in [-0.2, -0.15) is 0 Å². The minimum absolute atomic E-state index is 0.0509. The van der Waals surface area contributed by atoms with Crippen molar-refractivity contribution in [2.75, 3.05) is 5.32 Å². The minimum atomic E-state index is -0.0509. The summed E-state index contributed by atoms with van der Waals surface area (Å²) in [6.07, 6.45) is 10.4. The van der Waals surface area contributed by atoms with Gasteiger partial charge < -0.3 is 10.6 Å². The molecule has 1 aliphatic rings. The van der Waals surface area contributed by atoms with Crippen LogP contribution in [0.15, 0.2) is 36.7 Å². The van der Waals surface area contributed by atoms with Crippen LogP contribution >= 0.6 is 11.6 Å². The van der Waals surface area contributed by atoms with Crippen LogP contribution in [0.4, 0.5) is 11.4 Å². The van der Waals surface area contributed by atoms with Crippen LogP contribution in [0.2, 0.25) is 5.02 Å². The number of nitrogens with one attached hydrogen (secondary N) is 2. The first-order valence-electron chi connectivity index (χ1n) is 8.91. The quantitative estimate of drug-likeness (QED) is 0.736. The zero-order valence-electron chi connectivity index (χ0n) is 14.5. The van der Waals surface area contributed by atoms with E-state index in [2.05, 4.69) is 15.6 Å². The predicted molar refractivity (Wildman–Crippen MR) is 103 cm³/mol. The Kier molecular flexibility index (Phi) is 5.92. The number of amides is 1. The van der Waals surface area contributed by atoms with E-state index in [-0.39, 0.29) is 11.9 Å². The van der Waals surface area contributed by atoms with Crippen LogP contribution in [0, 0.1) is 6.92 Å². The van der Waals surface area contributed by atoms with Crippen molar-refractivity contribution in [3.63, 3.8) is 0 Å². The molecule has 25 heavy (non-hydrogen) atoms. The highest BCUT2D eigenvalue weighted by molar-refractivity contribution is 6.31. The zero-order chi connectivity index (χ0) is 17.6. The number of hydrogen-bond donors (Lipinski definition) is 2. The Hall–Kier alpha value is -2.07. The highest BCUT2D eigenvalue weighted by atomic mass is 35.5. The van der Waals surface area contributed by atoms with Gasteiger partial charge in [-0.25, -0.2) is 0 Å². The van der Waals surface area contributed by atoms with Crippen LogP contribution in [0.3, 0.4) is 0 Å². The number of carbonyl (C=O) groups is 1. The molecule has 1 aliphatic carbocycles. The Labute approximate surface area is 154 Å². The summed E-state index contributed by atoms with van der Waals surface area (Å²) in [7, 11) is 0. The van der Waals surface area contributed by atoms with Crippen molar-refractivity contribution in [3.05, 3.63) is 52.8 Å². The van der Waals surface area contributed by atoms with E-state index in [0.29, 0.717) is 10.6 Å². The number of aryl methyl sites for hydroxylation is 1. The molecule has 0 saturated heterocycles. The van der Waals surface area contributed by atoms with Crippen molar-refractivity contribution in [1.82, 2.24) is 10.3 Å². The Morgan fingerprint density at radius 2 is 1.84 bits per heavy atom. The lowest BCUT2D eigenvalue weighted by Gasteiger charge is -2.16. The molecule has 1 heterocycles. The van der Waals surface area contributed by atoms with Gasteiger partial charge in [0.05, 0.1) is 17.4 Å². The Morgan fingerprint density at radius 3 is 2.56 bits per heavy atom. The summed E-state index contributed by atoms with van der Waals surface area (Å²) in [6.45, 7) is 1.96. The van der Waals surface area contributed by atoms with Crippen LogP contribution in [-0.4, -0.2) is 16.9 Å². The number of carbonyl (C=O) groups excluding carboxylic acids is 1. The SMILES string of the molecule is Cc1ccc(Nc2cncc(C(=O)NC3CCCCCC3)c2)cc1Cl. The number of nitrogens with zero attached hydrogens (tertiary/aromatic N) is 1. The van der Waals surface area contributed by atoms with Gasteiger partial charge in [0.1, 0.15) is 0 Å². The zero-order valence-corrected chi connectivity index (χ0v) is 15.3. The molecule has 0 radical (unpaired) electrons. The lowest BCUT2D eigenvalue weighted by Crippen LogP contribution is -2.34. The standard InChI is InChI=1S/C20H24ClN3O/c1-14-8-9-17(11-19(14)21)23-18-10-15(12-22-13-18)20(25)24-16-6-4-2-3-5-7-16/h8-13,16,23H,2-7H2,1H3,(H,24,25). The molecule has 3 rings (SSSR count). The highest BCUT2D eigenvalue weighted by Gasteiger charge is 2.16. The number of hydrogen-bond acceptors (Lipinski definition) is 3. The fourth-order valence-electron chi connectivity index (χ4n) is 3.16. The lowest BCUT2D eigenvalue weighted by molar-refractivity contribution is 0.0933. The first-order chi connectivity index (χ1) is 12.1. The Bertz CT molecular complexity index is 739. The summed E-state index contributed by atoms with van der Waals surface area (Å²) in [5, 5.41) is 7.12. The minimum Gasteiger partial charge on any atom is -0.354 e. The van der Waals surface area contributed by atoms with Gasteiger partial charge in [-0.1, -0.05) is 43.4 Å². The number of rotatable bonds is 4. The summed E-state index contributed by atoms with van der Waals surface area (Å²) in [6, 6.07) is 7.89. The van der Waals surface area contributed by atoms with Crippen molar-refractivity contribution >= 4 is 28.9 Å². The van der Waals surface area contributed by atoms with E-state index in [1.807, 2.05) is 31.2 Å². The number of benzene rings is 1. The van der Waals surface area contributed by atoms with Gasteiger partial charge in [-0.3, -0.25) is 9.78 Å². The van der Waals surface area contributed by atoms with Crippen molar-refractivity contribution in [1.29, 1.82) is 0 Å². The molecule has 132 valence electrons. The molecule has 0 unspecified atom stereocenters. The second-order valence-electron chi connectivity index (χ2n) is 6.71. The van der Waals surface area contributed by atoms with E-state index < -0.39 is 0 Å². The first kappa shape index (κ1) is 17.7. The van der Waals surface area contributed by atoms with Gasteiger partial charge in [0.2, 0.25) is 0 Å². The number of aromatic nitrogens is 1. The average Bonchev–Trinajstić information content (AvgIpc) is 2.87. The smallest absolute Gasteiger partial charge is 0.253 e. The van der Waals surface area contributed by atoms with E-state index >= 15 is 0 Å². The van der Waals surface area contributed by atoms with Crippen molar-refractivity contribution in [2.24, 2.45) is 0 Å². The third-order valence-corrected chi connectivity index (χ3v) is 5.06. The van der Waals surface area contributed by atoms with Crippen molar-refractivity contribution in [2.45, 2.75) is 51.5 Å². The molecule has 1 aromatic carbocycles. The van der Waals surface area contributed by atoms with Gasteiger partial charge in [0, 0.05) is 22.9 Å². The van der Waals surface area contributed by atoms with E-state index in [9.17, 15) is 4.79 Å². The van der Waals surface area contributed by atoms with Crippen LogP contribution in [-0.2, 0) is 0 Å². The molecule has 2 aromatic rings. The van der Waals surface area contributed by atoms with Crippen LogP contribution in [0.5, 0.6) is 0 Å². The molecule has 0 spiro atoms. The molecule has 0 bridgehead atoms. The largest absolute Gasteiger partial charge is 0.354 e. The van der Waals surface area contributed by atoms with E-state index in [4.69, 9.17) is 11.6 Å². The van der Waals surface area contributed by atoms with Gasteiger partial charge in [-0.05, 0) is 43.5 Å². The molecular formula is C20H24ClN3O. The summed E-state index contributed by atoms with van der Waals surface area (Å²) >= 11 is 6.16. The summed E-state index contributed by atoms with van der Waals surface area (Å²) in [4.78, 5) is 16.7. The van der Waals surface area contributed by atoms with Gasteiger partial charge in [0.25, 0.3) is 5.91 Å². The maximum Gasteiger partial charge on any atom is 0.253 e. The molecule has 1 fully saturated rings. The lowest BCUT2D eigenvalue weighted by atomic mass is 10.1. The van der Waals surface area contributed by atoms with Crippen LogP contribution in [0.25, 0.3) is 0 Å². The van der Waals surface area contributed by atoms with Gasteiger partial charge in [-0.15, -0.1) is 0 Å². The van der Waals surface area contributed by atoms with E-state index in [1.54, 1.807) is 12.4 Å². The predicted octanol–water partition coefficient (Wildman–Crippen LogP) is 5.24. The molecule has 0 aliphatic heterocycles. The van der Waals surface area contributed by atoms with E-state index in [0.717, 1.165) is 29.8 Å². The molecule has 1 amide bonds. The Morgan fingerprint density at radius 1 is 1.08 bits per heavy atom. The average molecular weight is 358 g/mol. The topological polar surface area (TPSA) is 54.0 Å². The molecule has 5 heteroatoms. The summed E-state index contributed by atoms with van der Waals surface area (Å²) in [5.74, 6) is -0.0509. The molecule has 1 saturated carbocycles. The van der Waals surface area contributed by atoms with Gasteiger partial charge in [0.15, 0.2) is 0 Å². The number of anilines is 2. The summed E-state index contributed by atoms with van der Waals surface area (Å²) < 4.78 is 0. The monoisotopic (exact) mass is 357 g/mol. The van der Waals surface area contributed by atoms with Gasteiger partial charge >= 0.3 is 0 Å². The maximum absolute atomic E-state index is 12.5. The van der Waals surface area contributed by atoms with E-state index in [1.165, 1.54) is 25.7 Å². The normalized spacial score (nSPS) is 15.4. The second kappa shape index (κ2) is 8.34. The van der Waals surface area contributed by atoms with Crippen LogP contribution < -0.4 is 10.6 Å². The Balaban J connectivity index is 1.67. The number of pyridine rings is 1. The summed E-state index contributed by atoms with van der Waals surface area (Å²) in [5.41, 5.74) is 3.25. The second-order valence-corrected chi connectivity index (χ2v) is 7.12. The fraction of sp³-hybridized carbons (Fsp3) is 0.400. The van der Waals surface area contributed by atoms with Crippen LogP contribution in [0.1, 0.15) is 54.4 Å². The molecule has 0 atom stereocenters. The molecule has 2 N–H and O–H groups in total. The fourth-order valence-corrected chi connectivity index (χ4v) is 3.34. The molecule has 4 nitrogen and oxygen atoms in total.